The molecule has 3 rings (SSSR count). The number of amides is 2. The second kappa shape index (κ2) is 7.31. The van der Waals surface area contributed by atoms with Gasteiger partial charge in [-0.25, -0.2) is 4.79 Å². The molecule has 2 aliphatic heterocycles. The summed E-state index contributed by atoms with van der Waals surface area (Å²) in [5.74, 6) is 0.0758. The summed E-state index contributed by atoms with van der Waals surface area (Å²) >= 11 is 3.27. The van der Waals surface area contributed by atoms with Crippen LogP contribution in [0, 0.1) is 0 Å². The second-order valence-electron chi connectivity index (χ2n) is 6.36. The molecule has 0 spiro atoms. The maximum atomic E-state index is 13.2. The van der Waals surface area contributed by atoms with Crippen LogP contribution in [0.2, 0.25) is 0 Å². The normalized spacial score (nSPS) is 21.3. The number of rotatable bonds is 3. The third-order valence-electron chi connectivity index (χ3n) is 4.65. The average molecular weight is 489 g/mol. The average Bonchev–Trinajstić information content (AvgIpc) is 2.90. The molecular formula is C16H19BrN5O6S+. The largest absolute Gasteiger partial charge is 0.495 e. The number of ether oxygens (including phenoxy) is 2. The lowest BCUT2D eigenvalue weighted by atomic mass is 10.3. The zero-order valence-corrected chi connectivity index (χ0v) is 18.4. The van der Waals surface area contributed by atoms with Gasteiger partial charge in [-0.3, -0.25) is 9.52 Å². The first-order chi connectivity index (χ1) is 13.5. The number of aliphatic imine (C=N–C) groups is 1. The molecule has 0 aromatic heterocycles. The Bertz CT molecular complexity index is 1060. The number of anilines is 1. The van der Waals surface area contributed by atoms with Crippen LogP contribution in [0.5, 0.6) is 5.75 Å². The van der Waals surface area contributed by atoms with E-state index in [1.807, 2.05) is 0 Å². The van der Waals surface area contributed by atoms with Gasteiger partial charge in [-0.2, -0.15) is 27.9 Å². The standard InChI is InChI=1S/C16H19BrN5O6S/c1-20-13(23)8-12-18-15(21(16(24)28-4)9-22(12,20)2)29(25,26)19-14-10(17)6-5-7-11(14)27-3/h5-8,19H,9H2,1-4H3/q+1. The van der Waals surface area contributed by atoms with Crippen LogP contribution in [-0.2, 0) is 19.6 Å². The third-order valence-corrected chi connectivity index (χ3v) is 6.58. The van der Waals surface area contributed by atoms with E-state index in [-0.39, 0.29) is 34.4 Å². The lowest BCUT2D eigenvalue weighted by Crippen LogP contribution is -2.63. The molecule has 13 heteroatoms. The number of sulfonamides is 1. The highest BCUT2D eigenvalue weighted by Gasteiger charge is 2.52. The van der Waals surface area contributed by atoms with Crippen LogP contribution in [0.3, 0.4) is 0 Å². The van der Waals surface area contributed by atoms with Crippen molar-refractivity contribution in [3.05, 3.63) is 34.6 Å². The molecular weight excluding hydrogens is 470 g/mol. The molecule has 1 unspecified atom stereocenters. The summed E-state index contributed by atoms with van der Waals surface area (Å²) < 4.78 is 38.9. The molecule has 0 radical (unpaired) electrons. The third kappa shape index (κ3) is 3.45. The number of carbonyl (C=O) groups is 2. The van der Waals surface area contributed by atoms with E-state index in [9.17, 15) is 18.0 Å². The van der Waals surface area contributed by atoms with Crippen LogP contribution in [0.15, 0.2) is 39.6 Å². The summed E-state index contributed by atoms with van der Waals surface area (Å²) in [5.41, 5.74) is 0.138. The fourth-order valence-corrected chi connectivity index (χ4v) is 4.71. The van der Waals surface area contributed by atoms with Crippen LogP contribution in [0.4, 0.5) is 10.5 Å². The highest BCUT2D eigenvalue weighted by molar-refractivity contribution is 9.10. The van der Waals surface area contributed by atoms with Gasteiger partial charge in [0.15, 0.2) is 6.67 Å². The zero-order chi connectivity index (χ0) is 21.6. The maximum Gasteiger partial charge on any atom is 0.420 e. The Hall–Kier alpha value is -2.64. The van der Waals surface area contributed by atoms with E-state index in [0.717, 1.165) is 12.0 Å². The number of methoxy groups -OCH3 is 2. The number of benzene rings is 1. The number of nitrogens with one attached hydrogen (secondary N) is 1. The van der Waals surface area contributed by atoms with E-state index in [0.29, 0.717) is 4.47 Å². The number of halogens is 1. The number of amidine groups is 1. The van der Waals surface area contributed by atoms with Gasteiger partial charge in [-0.15, -0.1) is 0 Å². The lowest BCUT2D eigenvalue weighted by Gasteiger charge is -2.40. The molecule has 2 aliphatic rings. The quantitative estimate of drug-likeness (QED) is 0.640. The van der Waals surface area contributed by atoms with Crippen molar-refractivity contribution in [2.75, 3.05) is 39.7 Å². The molecule has 0 saturated carbocycles. The van der Waals surface area contributed by atoms with Gasteiger partial charge in [0.25, 0.3) is 26.9 Å². The summed E-state index contributed by atoms with van der Waals surface area (Å²) in [6.07, 6.45) is 0.294. The van der Waals surface area contributed by atoms with Crippen molar-refractivity contribution < 1.29 is 32.1 Å². The van der Waals surface area contributed by atoms with Crippen molar-refractivity contribution in [3.8, 4) is 5.75 Å². The molecule has 2 heterocycles. The molecule has 1 aromatic rings. The van der Waals surface area contributed by atoms with Gasteiger partial charge in [-0.05, 0) is 28.1 Å². The molecule has 11 nitrogen and oxygen atoms in total. The van der Waals surface area contributed by atoms with Crippen LogP contribution in [-0.4, -0.2) is 75.1 Å². The van der Waals surface area contributed by atoms with E-state index in [2.05, 4.69) is 25.6 Å². The SMILES string of the molecule is COC(=O)N1C[N+]2(C)C(=CC(=O)N2C)N=C1S(=O)(=O)Nc1c(Br)cccc1OC. The monoisotopic (exact) mass is 488 g/mol. The van der Waals surface area contributed by atoms with Crippen molar-refractivity contribution in [1.29, 1.82) is 0 Å². The molecule has 0 fully saturated rings. The van der Waals surface area contributed by atoms with Crippen LogP contribution in [0.25, 0.3) is 0 Å². The smallest absolute Gasteiger partial charge is 0.420 e. The summed E-state index contributed by atoms with van der Waals surface area (Å²) in [4.78, 5) is 29.4. The van der Waals surface area contributed by atoms with Crippen molar-refractivity contribution in [2.45, 2.75) is 0 Å². The van der Waals surface area contributed by atoms with Gasteiger partial charge in [0.05, 0.1) is 34.4 Å². The molecule has 1 atom stereocenters. The van der Waals surface area contributed by atoms with E-state index in [1.54, 1.807) is 25.2 Å². The number of para-hydroxylation sites is 1. The topological polar surface area (TPSA) is 118 Å². The van der Waals surface area contributed by atoms with E-state index < -0.39 is 21.3 Å². The zero-order valence-electron chi connectivity index (χ0n) is 16.0. The minimum atomic E-state index is -4.36. The number of fused-ring (bicyclic) bond motifs is 1. The first kappa shape index (κ1) is 21.1. The molecule has 0 saturated heterocycles. The minimum Gasteiger partial charge on any atom is -0.495 e. The van der Waals surface area contributed by atoms with Crippen molar-refractivity contribution in [1.82, 2.24) is 9.91 Å². The van der Waals surface area contributed by atoms with Gasteiger partial charge in [-0.1, -0.05) is 6.07 Å². The highest BCUT2D eigenvalue weighted by atomic mass is 79.9. The van der Waals surface area contributed by atoms with Gasteiger partial charge in [0.2, 0.25) is 0 Å². The van der Waals surface area contributed by atoms with Crippen molar-refractivity contribution >= 4 is 48.8 Å². The van der Waals surface area contributed by atoms with E-state index >= 15 is 0 Å². The summed E-state index contributed by atoms with van der Waals surface area (Å²) in [6, 6.07) is 4.87. The van der Waals surface area contributed by atoms with Gasteiger partial charge in [0, 0.05) is 4.47 Å². The van der Waals surface area contributed by atoms with Gasteiger partial charge in [0.1, 0.15) is 11.4 Å². The number of hydrogen-bond donors (Lipinski definition) is 1. The Morgan fingerprint density at radius 1 is 1.34 bits per heavy atom. The molecule has 156 valence electrons. The molecule has 29 heavy (non-hydrogen) atoms. The predicted molar refractivity (Wildman–Crippen MR) is 107 cm³/mol. The number of quaternary nitrogens is 1. The fourth-order valence-electron chi connectivity index (χ4n) is 2.92. The Morgan fingerprint density at radius 3 is 2.66 bits per heavy atom. The number of carbonyl (C=O) groups excluding carboxylic acids is 2. The Kier molecular flexibility index (Phi) is 5.32. The molecule has 0 bridgehead atoms. The molecule has 2 amide bonds. The Balaban J connectivity index is 2.11. The van der Waals surface area contributed by atoms with Gasteiger partial charge >= 0.3 is 6.09 Å². The summed E-state index contributed by atoms with van der Waals surface area (Å²) in [6.45, 7) is -0.201. The molecule has 1 aromatic carbocycles. The lowest BCUT2D eigenvalue weighted by molar-refractivity contribution is -0.974. The Labute approximate surface area is 175 Å². The molecule has 0 aliphatic carbocycles. The number of nitrogens with zero attached hydrogens (tertiary/aromatic N) is 4. The van der Waals surface area contributed by atoms with Crippen LogP contribution >= 0.6 is 15.9 Å². The number of hydrogen-bond acceptors (Lipinski definition) is 7. The van der Waals surface area contributed by atoms with Crippen molar-refractivity contribution in [2.24, 2.45) is 4.99 Å². The first-order valence-corrected chi connectivity index (χ1v) is 10.5. The maximum absolute atomic E-state index is 13.2. The van der Waals surface area contributed by atoms with E-state index in [1.165, 1.54) is 25.2 Å². The van der Waals surface area contributed by atoms with Gasteiger partial charge < -0.3 is 9.47 Å². The number of likely N-dealkylation sites (N-methyl/N-ethyl adjacent to an activating group) is 1. The fraction of sp³-hybridized carbons (Fsp3) is 0.312. The predicted octanol–water partition coefficient (Wildman–Crippen LogP) is 1.27. The second-order valence-corrected chi connectivity index (χ2v) is 8.79. The van der Waals surface area contributed by atoms with Crippen molar-refractivity contribution in [3.63, 3.8) is 0 Å². The molecule has 1 N–H and O–H groups in total. The minimum absolute atomic E-state index is 0.138. The summed E-state index contributed by atoms with van der Waals surface area (Å²) in [5, 5.41) is 0.745. The Morgan fingerprint density at radius 2 is 2.03 bits per heavy atom. The van der Waals surface area contributed by atoms with Crippen LogP contribution in [0.1, 0.15) is 0 Å². The highest BCUT2D eigenvalue weighted by Crippen LogP contribution is 2.35. The summed E-state index contributed by atoms with van der Waals surface area (Å²) in [7, 11) is 1.32. The van der Waals surface area contributed by atoms with Crippen LogP contribution < -0.4 is 9.46 Å². The van der Waals surface area contributed by atoms with E-state index in [4.69, 9.17) is 9.47 Å². The first-order valence-electron chi connectivity index (χ1n) is 8.20.